The summed E-state index contributed by atoms with van der Waals surface area (Å²) >= 11 is 0. The Morgan fingerprint density at radius 2 is 2.00 bits per heavy atom. The van der Waals surface area contributed by atoms with Crippen molar-refractivity contribution in [3.63, 3.8) is 0 Å². The average molecular weight is 218 g/mol. The number of likely N-dealkylation sites (N-methyl/N-ethyl adjacent to an activating group) is 1. The number of nitrogens with two attached hydrogens (primary N) is 1. The maximum atomic E-state index is 5.94. The molecular formula is C14H22N2. The maximum absolute atomic E-state index is 5.94. The summed E-state index contributed by atoms with van der Waals surface area (Å²) in [4.78, 5) is 2.47. The SMILES string of the molecule is CN(CCc1ccccc1)C1CCC(N)C1. The summed E-state index contributed by atoms with van der Waals surface area (Å²) in [5, 5.41) is 0. The van der Waals surface area contributed by atoms with Gasteiger partial charge in [-0.1, -0.05) is 30.3 Å². The van der Waals surface area contributed by atoms with Crippen LogP contribution in [0.4, 0.5) is 0 Å². The monoisotopic (exact) mass is 218 g/mol. The number of hydrogen-bond donors (Lipinski definition) is 1. The highest BCUT2D eigenvalue weighted by molar-refractivity contribution is 5.14. The van der Waals surface area contributed by atoms with E-state index in [2.05, 4.69) is 42.3 Å². The second-order valence-corrected chi connectivity index (χ2v) is 4.94. The Kier molecular flexibility index (Phi) is 3.97. The van der Waals surface area contributed by atoms with Crippen LogP contribution in [0.25, 0.3) is 0 Å². The van der Waals surface area contributed by atoms with Gasteiger partial charge in [-0.3, -0.25) is 0 Å². The molecule has 1 aliphatic rings. The smallest absolute Gasteiger partial charge is 0.0108 e. The Labute approximate surface area is 98.4 Å². The molecule has 2 heteroatoms. The first-order valence-corrected chi connectivity index (χ1v) is 6.25. The zero-order chi connectivity index (χ0) is 11.4. The maximum Gasteiger partial charge on any atom is 0.0108 e. The third-order valence-electron chi connectivity index (χ3n) is 3.66. The average Bonchev–Trinajstić information content (AvgIpc) is 2.74. The fourth-order valence-electron chi connectivity index (χ4n) is 2.52. The van der Waals surface area contributed by atoms with E-state index in [-0.39, 0.29) is 0 Å². The van der Waals surface area contributed by atoms with Crippen LogP contribution in [0, 0.1) is 0 Å². The molecule has 0 bridgehead atoms. The van der Waals surface area contributed by atoms with Gasteiger partial charge in [-0.05, 0) is 38.3 Å². The first kappa shape index (κ1) is 11.6. The highest BCUT2D eigenvalue weighted by Gasteiger charge is 2.24. The molecule has 0 aromatic heterocycles. The van der Waals surface area contributed by atoms with Crippen molar-refractivity contribution in [2.75, 3.05) is 13.6 Å². The lowest BCUT2D eigenvalue weighted by Crippen LogP contribution is -2.32. The first-order valence-electron chi connectivity index (χ1n) is 6.25. The van der Waals surface area contributed by atoms with Gasteiger partial charge in [0.15, 0.2) is 0 Å². The summed E-state index contributed by atoms with van der Waals surface area (Å²) in [6.45, 7) is 1.14. The zero-order valence-electron chi connectivity index (χ0n) is 10.1. The topological polar surface area (TPSA) is 29.3 Å². The molecule has 2 N–H and O–H groups in total. The van der Waals surface area contributed by atoms with Crippen LogP contribution < -0.4 is 5.73 Å². The fourth-order valence-corrected chi connectivity index (χ4v) is 2.52. The van der Waals surface area contributed by atoms with Crippen LogP contribution in [0.3, 0.4) is 0 Å². The van der Waals surface area contributed by atoms with Crippen molar-refractivity contribution in [1.82, 2.24) is 4.90 Å². The van der Waals surface area contributed by atoms with Crippen molar-refractivity contribution in [1.29, 1.82) is 0 Å². The molecule has 2 atom stereocenters. The Balaban J connectivity index is 1.78. The van der Waals surface area contributed by atoms with E-state index in [9.17, 15) is 0 Å². The standard InChI is InChI=1S/C14H22N2/c1-16(14-8-7-13(15)11-14)10-9-12-5-3-2-4-6-12/h2-6,13-14H,7-11,15H2,1H3. The van der Waals surface area contributed by atoms with Crippen LogP contribution in [0.2, 0.25) is 0 Å². The molecule has 1 fully saturated rings. The first-order chi connectivity index (χ1) is 7.75. The van der Waals surface area contributed by atoms with Crippen LogP contribution in [0.1, 0.15) is 24.8 Å². The summed E-state index contributed by atoms with van der Waals surface area (Å²) in [5.41, 5.74) is 7.37. The third-order valence-corrected chi connectivity index (χ3v) is 3.66. The minimum absolute atomic E-state index is 0.434. The van der Waals surface area contributed by atoms with Gasteiger partial charge in [0.2, 0.25) is 0 Å². The zero-order valence-corrected chi connectivity index (χ0v) is 10.1. The normalized spacial score (nSPS) is 25.2. The molecule has 2 nitrogen and oxygen atoms in total. The van der Waals surface area contributed by atoms with Gasteiger partial charge in [0, 0.05) is 18.6 Å². The largest absolute Gasteiger partial charge is 0.328 e. The van der Waals surface area contributed by atoms with Crippen molar-refractivity contribution in [2.24, 2.45) is 5.73 Å². The molecule has 16 heavy (non-hydrogen) atoms. The third kappa shape index (κ3) is 3.06. The molecule has 1 aromatic carbocycles. The molecule has 0 radical (unpaired) electrons. The lowest BCUT2D eigenvalue weighted by molar-refractivity contribution is 0.247. The minimum atomic E-state index is 0.434. The van der Waals surface area contributed by atoms with Crippen molar-refractivity contribution in [2.45, 2.75) is 37.8 Å². The number of nitrogens with zero attached hydrogens (tertiary/aromatic N) is 1. The van der Waals surface area contributed by atoms with Crippen molar-refractivity contribution in [3.8, 4) is 0 Å². The van der Waals surface area contributed by atoms with Gasteiger partial charge in [0.1, 0.15) is 0 Å². The predicted molar refractivity (Wildman–Crippen MR) is 68.4 cm³/mol. The molecule has 0 saturated heterocycles. The fraction of sp³-hybridized carbons (Fsp3) is 0.571. The molecule has 0 spiro atoms. The minimum Gasteiger partial charge on any atom is -0.328 e. The van der Waals surface area contributed by atoms with Gasteiger partial charge in [0.05, 0.1) is 0 Å². The van der Waals surface area contributed by atoms with E-state index in [1.165, 1.54) is 24.8 Å². The molecule has 1 aromatic rings. The summed E-state index contributed by atoms with van der Waals surface area (Å²) in [6.07, 6.45) is 4.78. The summed E-state index contributed by atoms with van der Waals surface area (Å²) in [5.74, 6) is 0. The molecule has 2 rings (SSSR count). The Bertz CT molecular complexity index is 310. The van der Waals surface area contributed by atoms with Crippen LogP contribution in [-0.2, 0) is 6.42 Å². The van der Waals surface area contributed by atoms with E-state index in [0.29, 0.717) is 12.1 Å². The van der Waals surface area contributed by atoms with E-state index in [0.717, 1.165) is 13.0 Å². The molecular weight excluding hydrogens is 196 g/mol. The van der Waals surface area contributed by atoms with Gasteiger partial charge < -0.3 is 10.6 Å². The van der Waals surface area contributed by atoms with Gasteiger partial charge in [-0.25, -0.2) is 0 Å². The molecule has 1 aliphatic carbocycles. The molecule has 0 aliphatic heterocycles. The number of rotatable bonds is 4. The summed E-state index contributed by atoms with van der Waals surface area (Å²) in [6, 6.07) is 11.8. The second-order valence-electron chi connectivity index (χ2n) is 4.94. The van der Waals surface area contributed by atoms with E-state index in [1.54, 1.807) is 0 Å². The summed E-state index contributed by atoms with van der Waals surface area (Å²) < 4.78 is 0. The Morgan fingerprint density at radius 1 is 1.25 bits per heavy atom. The molecule has 0 amide bonds. The van der Waals surface area contributed by atoms with Crippen LogP contribution in [0.5, 0.6) is 0 Å². The number of hydrogen-bond acceptors (Lipinski definition) is 2. The van der Waals surface area contributed by atoms with Crippen molar-refractivity contribution < 1.29 is 0 Å². The van der Waals surface area contributed by atoms with Gasteiger partial charge >= 0.3 is 0 Å². The van der Waals surface area contributed by atoms with Crippen LogP contribution in [0.15, 0.2) is 30.3 Å². The quantitative estimate of drug-likeness (QED) is 0.838. The van der Waals surface area contributed by atoms with E-state index < -0.39 is 0 Å². The van der Waals surface area contributed by atoms with Gasteiger partial charge in [-0.2, -0.15) is 0 Å². The second kappa shape index (κ2) is 5.46. The Hall–Kier alpha value is -0.860. The molecule has 1 saturated carbocycles. The highest BCUT2D eigenvalue weighted by Crippen LogP contribution is 2.21. The number of benzene rings is 1. The lowest BCUT2D eigenvalue weighted by atomic mass is 10.1. The predicted octanol–water partition coefficient (Wildman–Crippen LogP) is 2.04. The lowest BCUT2D eigenvalue weighted by Gasteiger charge is -2.24. The van der Waals surface area contributed by atoms with Crippen LogP contribution >= 0.6 is 0 Å². The van der Waals surface area contributed by atoms with E-state index >= 15 is 0 Å². The van der Waals surface area contributed by atoms with Crippen LogP contribution in [-0.4, -0.2) is 30.6 Å². The highest BCUT2D eigenvalue weighted by atomic mass is 15.1. The molecule has 88 valence electrons. The molecule has 0 heterocycles. The molecule has 2 unspecified atom stereocenters. The Morgan fingerprint density at radius 3 is 2.62 bits per heavy atom. The van der Waals surface area contributed by atoms with Crippen molar-refractivity contribution >= 4 is 0 Å². The summed E-state index contributed by atoms with van der Waals surface area (Å²) in [7, 11) is 2.23. The van der Waals surface area contributed by atoms with Gasteiger partial charge in [-0.15, -0.1) is 0 Å². The van der Waals surface area contributed by atoms with Gasteiger partial charge in [0.25, 0.3) is 0 Å². The van der Waals surface area contributed by atoms with Crippen molar-refractivity contribution in [3.05, 3.63) is 35.9 Å². The van der Waals surface area contributed by atoms with E-state index in [1.807, 2.05) is 0 Å². The van der Waals surface area contributed by atoms with E-state index in [4.69, 9.17) is 5.73 Å².